The van der Waals surface area contributed by atoms with Crippen molar-refractivity contribution in [2.24, 2.45) is 0 Å². The summed E-state index contributed by atoms with van der Waals surface area (Å²) in [6, 6.07) is 14.1. The lowest BCUT2D eigenvalue weighted by Gasteiger charge is -2.07. The molecule has 134 valence electrons. The Morgan fingerprint density at radius 3 is 2.46 bits per heavy atom. The third kappa shape index (κ3) is 4.59. The molecule has 1 N–H and O–H groups in total. The van der Waals surface area contributed by atoms with E-state index in [1.165, 1.54) is 11.8 Å². The van der Waals surface area contributed by atoms with Crippen molar-refractivity contribution in [2.75, 3.05) is 16.7 Å². The van der Waals surface area contributed by atoms with Gasteiger partial charge in [-0.25, -0.2) is 18.4 Å². The number of Topliss-reactive ketones (excluding diaryl/α,β-unsaturated/α-hetero) is 1. The Bertz CT molecular complexity index is 1060. The molecular formula is C18H17N3O3S2. The summed E-state index contributed by atoms with van der Waals surface area (Å²) in [5, 5.41) is 1.69. The molecule has 8 heteroatoms. The van der Waals surface area contributed by atoms with Crippen molar-refractivity contribution in [3.8, 4) is 0 Å². The second-order valence-electron chi connectivity index (χ2n) is 5.76. The van der Waals surface area contributed by atoms with Gasteiger partial charge in [-0.15, -0.1) is 0 Å². The van der Waals surface area contributed by atoms with Gasteiger partial charge in [0.05, 0.1) is 17.5 Å². The maximum atomic E-state index is 12.4. The van der Waals surface area contributed by atoms with Crippen molar-refractivity contribution >= 4 is 44.2 Å². The average Bonchev–Trinajstić information content (AvgIpc) is 2.58. The Morgan fingerprint density at radius 2 is 1.77 bits per heavy atom. The predicted molar refractivity (Wildman–Crippen MR) is 104 cm³/mol. The maximum Gasteiger partial charge on any atom is 0.229 e. The number of aromatic nitrogens is 2. The zero-order valence-electron chi connectivity index (χ0n) is 14.3. The van der Waals surface area contributed by atoms with Crippen molar-refractivity contribution in [3.05, 3.63) is 59.9 Å². The lowest BCUT2D eigenvalue weighted by atomic mass is 10.1. The van der Waals surface area contributed by atoms with Gasteiger partial charge in [0.1, 0.15) is 10.9 Å². The molecule has 1 heterocycles. The third-order valence-electron chi connectivity index (χ3n) is 3.53. The van der Waals surface area contributed by atoms with Crippen LogP contribution in [0.5, 0.6) is 0 Å². The molecular weight excluding hydrogens is 370 g/mol. The molecule has 0 aliphatic carbocycles. The van der Waals surface area contributed by atoms with Gasteiger partial charge in [0.25, 0.3) is 0 Å². The molecule has 0 saturated carbocycles. The normalized spacial score (nSPS) is 11.5. The van der Waals surface area contributed by atoms with Crippen LogP contribution in [0.1, 0.15) is 16.2 Å². The van der Waals surface area contributed by atoms with E-state index in [0.29, 0.717) is 17.1 Å². The fourth-order valence-corrected chi connectivity index (χ4v) is 3.95. The number of hydrogen-bond acceptors (Lipinski definition) is 6. The number of aryl methyl sites for hydroxylation is 1. The number of hydrogen-bond donors (Lipinski definition) is 1. The summed E-state index contributed by atoms with van der Waals surface area (Å²) in [4.78, 5) is 21.3. The average molecular weight is 387 g/mol. The standard InChI is InChI=1S/C18H17N3O3S2/c1-12-19-16-6-4-3-5-15(16)18(20-12)25-11-17(22)13-7-9-14(10-8-13)21-26(2,23)24/h3-10,21H,11H2,1-2H3. The summed E-state index contributed by atoms with van der Waals surface area (Å²) in [5.41, 5.74) is 1.80. The Kier molecular flexibility index (Phi) is 5.24. The molecule has 26 heavy (non-hydrogen) atoms. The van der Waals surface area contributed by atoms with E-state index in [4.69, 9.17) is 0 Å². The van der Waals surface area contributed by atoms with Crippen LogP contribution >= 0.6 is 11.8 Å². The SMILES string of the molecule is Cc1nc(SCC(=O)c2ccc(NS(C)(=O)=O)cc2)c2ccccc2n1. The summed E-state index contributed by atoms with van der Waals surface area (Å²) in [6.07, 6.45) is 1.08. The number of ketones is 1. The molecule has 0 atom stereocenters. The molecule has 3 rings (SSSR count). The summed E-state index contributed by atoms with van der Waals surface area (Å²) in [6.45, 7) is 1.83. The maximum absolute atomic E-state index is 12.4. The first-order valence-electron chi connectivity index (χ1n) is 7.79. The van der Waals surface area contributed by atoms with Gasteiger partial charge in [0.15, 0.2) is 5.78 Å². The van der Waals surface area contributed by atoms with Gasteiger partial charge in [-0.1, -0.05) is 30.0 Å². The number of nitrogens with zero attached hydrogens (tertiary/aromatic N) is 2. The summed E-state index contributed by atoms with van der Waals surface area (Å²) in [7, 11) is -3.33. The zero-order chi connectivity index (χ0) is 18.7. The van der Waals surface area contributed by atoms with Gasteiger partial charge in [-0.2, -0.15) is 0 Å². The molecule has 0 aliphatic rings. The van der Waals surface area contributed by atoms with Crippen molar-refractivity contribution in [2.45, 2.75) is 11.9 Å². The van der Waals surface area contributed by atoms with E-state index in [1.54, 1.807) is 24.3 Å². The van der Waals surface area contributed by atoms with E-state index in [2.05, 4.69) is 14.7 Å². The van der Waals surface area contributed by atoms with Crippen LogP contribution in [-0.4, -0.2) is 36.2 Å². The number of carbonyl (C=O) groups is 1. The van der Waals surface area contributed by atoms with Crippen molar-refractivity contribution in [1.29, 1.82) is 0 Å². The molecule has 0 unspecified atom stereocenters. The molecule has 0 saturated heterocycles. The highest BCUT2D eigenvalue weighted by atomic mass is 32.2. The fraction of sp³-hybridized carbons (Fsp3) is 0.167. The van der Waals surface area contributed by atoms with Crippen LogP contribution in [0.15, 0.2) is 53.6 Å². The molecule has 0 amide bonds. The van der Waals surface area contributed by atoms with Gasteiger partial charge in [0.2, 0.25) is 10.0 Å². The Hall–Kier alpha value is -2.45. The van der Waals surface area contributed by atoms with Gasteiger partial charge >= 0.3 is 0 Å². The van der Waals surface area contributed by atoms with Crippen LogP contribution in [0.25, 0.3) is 10.9 Å². The third-order valence-corrected chi connectivity index (χ3v) is 5.13. The van der Waals surface area contributed by atoms with Crippen molar-refractivity contribution < 1.29 is 13.2 Å². The number of rotatable bonds is 6. The Labute approximate surface area is 156 Å². The number of fused-ring (bicyclic) bond motifs is 1. The minimum atomic E-state index is -3.33. The molecule has 2 aromatic carbocycles. The first-order chi connectivity index (χ1) is 12.3. The molecule has 6 nitrogen and oxygen atoms in total. The van der Waals surface area contributed by atoms with Gasteiger partial charge in [-0.3, -0.25) is 9.52 Å². The van der Waals surface area contributed by atoms with Crippen LogP contribution in [0.3, 0.4) is 0 Å². The smallest absolute Gasteiger partial charge is 0.229 e. The van der Waals surface area contributed by atoms with E-state index >= 15 is 0 Å². The molecule has 0 fully saturated rings. The van der Waals surface area contributed by atoms with E-state index < -0.39 is 10.0 Å². The topological polar surface area (TPSA) is 89.0 Å². The summed E-state index contributed by atoms with van der Waals surface area (Å²) < 4.78 is 24.8. The van der Waals surface area contributed by atoms with Gasteiger partial charge in [0, 0.05) is 16.6 Å². The first kappa shape index (κ1) is 18.3. The number of carbonyl (C=O) groups excluding carboxylic acids is 1. The number of thioether (sulfide) groups is 1. The second kappa shape index (κ2) is 7.43. The monoisotopic (exact) mass is 387 g/mol. The molecule has 0 spiro atoms. The lowest BCUT2D eigenvalue weighted by molar-refractivity contribution is 0.102. The molecule has 0 aliphatic heterocycles. The molecule has 0 bridgehead atoms. The largest absolute Gasteiger partial charge is 0.293 e. The Morgan fingerprint density at radius 1 is 1.08 bits per heavy atom. The van der Waals surface area contributed by atoms with Crippen LogP contribution in [0.2, 0.25) is 0 Å². The molecule has 1 aromatic heterocycles. The molecule has 0 radical (unpaired) electrons. The lowest BCUT2D eigenvalue weighted by Crippen LogP contribution is -2.10. The van der Waals surface area contributed by atoms with Crippen LogP contribution in [0, 0.1) is 6.92 Å². The van der Waals surface area contributed by atoms with E-state index in [-0.39, 0.29) is 11.5 Å². The highest BCUT2D eigenvalue weighted by Crippen LogP contribution is 2.26. The quantitative estimate of drug-likeness (QED) is 0.397. The summed E-state index contributed by atoms with van der Waals surface area (Å²) in [5.74, 6) is 0.843. The first-order valence-corrected chi connectivity index (χ1v) is 10.7. The minimum absolute atomic E-state index is 0.0544. The van der Waals surface area contributed by atoms with Crippen LogP contribution in [-0.2, 0) is 10.0 Å². The van der Waals surface area contributed by atoms with E-state index in [9.17, 15) is 13.2 Å². The highest BCUT2D eigenvalue weighted by Gasteiger charge is 2.11. The molecule has 3 aromatic rings. The fourth-order valence-electron chi connectivity index (χ4n) is 2.42. The second-order valence-corrected chi connectivity index (χ2v) is 8.47. The number of sulfonamides is 1. The predicted octanol–water partition coefficient (Wildman–Crippen LogP) is 3.28. The van der Waals surface area contributed by atoms with Crippen molar-refractivity contribution in [1.82, 2.24) is 9.97 Å². The van der Waals surface area contributed by atoms with Gasteiger partial charge < -0.3 is 0 Å². The van der Waals surface area contributed by atoms with Crippen LogP contribution in [0.4, 0.5) is 5.69 Å². The zero-order valence-corrected chi connectivity index (χ0v) is 15.9. The number of nitrogens with one attached hydrogen (secondary N) is 1. The Balaban J connectivity index is 1.73. The van der Waals surface area contributed by atoms with Crippen LogP contribution < -0.4 is 4.72 Å². The number of para-hydroxylation sites is 1. The number of anilines is 1. The summed E-state index contributed by atoms with van der Waals surface area (Å²) >= 11 is 1.37. The van der Waals surface area contributed by atoms with Gasteiger partial charge in [-0.05, 0) is 37.3 Å². The number of benzene rings is 2. The van der Waals surface area contributed by atoms with E-state index in [1.807, 2.05) is 31.2 Å². The minimum Gasteiger partial charge on any atom is -0.293 e. The van der Waals surface area contributed by atoms with Crippen molar-refractivity contribution in [3.63, 3.8) is 0 Å². The highest BCUT2D eigenvalue weighted by molar-refractivity contribution is 8.00. The van der Waals surface area contributed by atoms with E-state index in [0.717, 1.165) is 22.2 Å².